The van der Waals surface area contributed by atoms with E-state index in [1.54, 1.807) is 41.2 Å². The molecule has 0 bridgehead atoms. The zero-order valence-electron chi connectivity index (χ0n) is 14.5. The Balaban J connectivity index is 1.52. The van der Waals surface area contributed by atoms with Gasteiger partial charge in [0.1, 0.15) is 17.8 Å². The maximum Gasteiger partial charge on any atom is 0.254 e. The van der Waals surface area contributed by atoms with Crippen molar-refractivity contribution in [2.45, 2.75) is 24.6 Å². The first-order valence-electron chi connectivity index (χ1n) is 8.72. The number of piperazine rings is 2. The molecule has 1 N–H and O–H groups in total. The van der Waals surface area contributed by atoms with E-state index in [2.05, 4.69) is 0 Å². The Hall–Kier alpha value is -2.61. The van der Waals surface area contributed by atoms with Crippen LogP contribution >= 0.6 is 0 Å². The van der Waals surface area contributed by atoms with E-state index in [9.17, 15) is 19.5 Å². The zero-order valence-corrected chi connectivity index (χ0v) is 14.5. The van der Waals surface area contributed by atoms with Crippen molar-refractivity contribution in [1.29, 1.82) is 0 Å². The van der Waals surface area contributed by atoms with Crippen LogP contribution in [0.5, 0.6) is 5.75 Å². The smallest absolute Gasteiger partial charge is 0.254 e. The Bertz CT molecular complexity index is 750. The fraction of sp³-hybridized carbons (Fsp3) is 0.500. The van der Waals surface area contributed by atoms with Crippen LogP contribution in [0.4, 0.5) is 0 Å². The second-order valence-electron chi connectivity index (χ2n) is 6.92. The monoisotopic (exact) mass is 359 g/mol. The van der Waals surface area contributed by atoms with E-state index in [-0.39, 0.29) is 30.8 Å². The van der Waals surface area contributed by atoms with Crippen LogP contribution < -0.4 is 4.74 Å². The SMILES string of the molecule is COc1ccc(C(=O)N2CCN3C(=O)[C@@H]4C[C@@H](O)CN4C(=O)[C@H]3C2)cc1. The highest BCUT2D eigenvalue weighted by atomic mass is 16.5. The van der Waals surface area contributed by atoms with Crippen LogP contribution in [0.3, 0.4) is 0 Å². The van der Waals surface area contributed by atoms with Gasteiger partial charge >= 0.3 is 0 Å². The van der Waals surface area contributed by atoms with Crippen molar-refractivity contribution >= 4 is 17.7 Å². The number of hydrogen-bond acceptors (Lipinski definition) is 5. The lowest BCUT2D eigenvalue weighted by molar-refractivity contribution is -0.162. The van der Waals surface area contributed by atoms with E-state index in [4.69, 9.17) is 4.74 Å². The molecule has 1 aromatic rings. The predicted octanol–water partition coefficient (Wildman–Crippen LogP) is -0.676. The Morgan fingerprint density at radius 1 is 1.04 bits per heavy atom. The molecule has 3 atom stereocenters. The number of aliphatic hydroxyl groups excluding tert-OH is 1. The fourth-order valence-electron chi connectivity index (χ4n) is 4.03. The molecule has 0 unspecified atom stereocenters. The van der Waals surface area contributed by atoms with Crippen molar-refractivity contribution < 1.29 is 24.2 Å². The molecule has 3 aliphatic heterocycles. The molecule has 3 heterocycles. The normalized spacial score (nSPS) is 28.1. The third kappa shape index (κ3) is 2.61. The summed E-state index contributed by atoms with van der Waals surface area (Å²) in [6, 6.07) is 5.59. The van der Waals surface area contributed by atoms with Crippen molar-refractivity contribution in [2.24, 2.45) is 0 Å². The molecular formula is C18H21N3O5. The summed E-state index contributed by atoms with van der Waals surface area (Å²) in [6.07, 6.45) is -0.367. The molecule has 3 saturated heterocycles. The summed E-state index contributed by atoms with van der Waals surface area (Å²) in [5, 5.41) is 9.82. The number of hydrogen-bond donors (Lipinski definition) is 1. The van der Waals surface area contributed by atoms with Gasteiger partial charge in [-0.2, -0.15) is 0 Å². The average molecular weight is 359 g/mol. The van der Waals surface area contributed by atoms with Gasteiger partial charge in [0.05, 0.1) is 19.8 Å². The second kappa shape index (κ2) is 6.28. The molecule has 138 valence electrons. The molecule has 0 aliphatic carbocycles. The molecule has 0 aromatic heterocycles. The summed E-state index contributed by atoms with van der Waals surface area (Å²) < 4.78 is 5.10. The Morgan fingerprint density at radius 3 is 2.42 bits per heavy atom. The van der Waals surface area contributed by atoms with Crippen molar-refractivity contribution in [1.82, 2.24) is 14.7 Å². The third-order valence-electron chi connectivity index (χ3n) is 5.42. The highest BCUT2D eigenvalue weighted by Gasteiger charge is 2.51. The number of ether oxygens (including phenoxy) is 1. The maximum atomic E-state index is 12.8. The van der Waals surface area contributed by atoms with Crippen LogP contribution in [-0.4, -0.2) is 89.0 Å². The molecule has 3 fully saturated rings. The highest BCUT2D eigenvalue weighted by molar-refractivity contribution is 5.99. The Labute approximate surface area is 150 Å². The standard InChI is InChI=1S/C18H21N3O5/c1-26-13-4-2-11(3-5-13)16(23)19-6-7-20-15(10-19)18(25)21-9-12(22)8-14(21)17(20)24/h2-5,12,14-15,22H,6-10H2,1H3/t12-,14+,15-/m1/s1. The number of fused-ring (bicyclic) bond motifs is 2. The summed E-state index contributed by atoms with van der Waals surface area (Å²) in [5.74, 6) is 0.190. The molecule has 8 heteroatoms. The van der Waals surface area contributed by atoms with Crippen molar-refractivity contribution in [2.75, 3.05) is 33.3 Å². The minimum absolute atomic E-state index is 0.123. The second-order valence-corrected chi connectivity index (χ2v) is 6.92. The number of nitrogens with zero attached hydrogens (tertiary/aromatic N) is 3. The van der Waals surface area contributed by atoms with Gasteiger partial charge in [-0.3, -0.25) is 14.4 Å². The van der Waals surface area contributed by atoms with Gasteiger partial charge in [-0.25, -0.2) is 0 Å². The van der Waals surface area contributed by atoms with Gasteiger partial charge in [0, 0.05) is 31.6 Å². The Morgan fingerprint density at radius 2 is 1.73 bits per heavy atom. The van der Waals surface area contributed by atoms with E-state index in [0.717, 1.165) is 0 Å². The van der Waals surface area contributed by atoms with Crippen molar-refractivity contribution in [3.05, 3.63) is 29.8 Å². The molecule has 1 aromatic carbocycles. The first kappa shape index (κ1) is 16.8. The average Bonchev–Trinajstić information content (AvgIpc) is 3.07. The van der Waals surface area contributed by atoms with E-state index in [1.807, 2.05) is 0 Å². The topological polar surface area (TPSA) is 90.4 Å². The van der Waals surface area contributed by atoms with Crippen LogP contribution in [0.1, 0.15) is 16.8 Å². The molecule has 0 spiro atoms. The number of carbonyl (C=O) groups is 3. The summed E-state index contributed by atoms with van der Waals surface area (Å²) in [4.78, 5) is 42.8. The third-order valence-corrected chi connectivity index (χ3v) is 5.42. The lowest BCUT2D eigenvalue weighted by Crippen LogP contribution is -2.69. The lowest BCUT2D eigenvalue weighted by Gasteiger charge is -2.47. The minimum Gasteiger partial charge on any atom is -0.497 e. The van der Waals surface area contributed by atoms with Gasteiger partial charge in [0.25, 0.3) is 5.91 Å². The van der Waals surface area contributed by atoms with Crippen LogP contribution in [0.25, 0.3) is 0 Å². The van der Waals surface area contributed by atoms with Gasteiger partial charge in [-0.1, -0.05) is 0 Å². The highest BCUT2D eigenvalue weighted by Crippen LogP contribution is 2.29. The largest absolute Gasteiger partial charge is 0.497 e. The van der Waals surface area contributed by atoms with Crippen LogP contribution in [-0.2, 0) is 9.59 Å². The molecule has 0 radical (unpaired) electrons. The van der Waals surface area contributed by atoms with E-state index >= 15 is 0 Å². The summed E-state index contributed by atoms with van der Waals surface area (Å²) >= 11 is 0. The molecule has 8 nitrogen and oxygen atoms in total. The van der Waals surface area contributed by atoms with E-state index in [1.165, 1.54) is 4.90 Å². The van der Waals surface area contributed by atoms with Gasteiger partial charge in [-0.05, 0) is 24.3 Å². The maximum absolute atomic E-state index is 12.8. The summed E-state index contributed by atoms with van der Waals surface area (Å²) in [7, 11) is 1.56. The summed E-state index contributed by atoms with van der Waals surface area (Å²) in [5.41, 5.74) is 0.517. The molecule has 26 heavy (non-hydrogen) atoms. The first-order valence-corrected chi connectivity index (χ1v) is 8.72. The van der Waals surface area contributed by atoms with Gasteiger partial charge in [0.2, 0.25) is 11.8 Å². The molecule has 3 aliphatic rings. The molecular weight excluding hydrogens is 338 g/mol. The predicted molar refractivity (Wildman–Crippen MR) is 90.5 cm³/mol. The lowest BCUT2D eigenvalue weighted by atomic mass is 10.0. The molecule has 4 rings (SSSR count). The quantitative estimate of drug-likeness (QED) is 0.756. The summed E-state index contributed by atoms with van der Waals surface area (Å²) in [6.45, 7) is 1.08. The molecule has 0 saturated carbocycles. The zero-order chi connectivity index (χ0) is 18.4. The van der Waals surface area contributed by atoms with Crippen LogP contribution in [0, 0.1) is 0 Å². The minimum atomic E-state index is -0.667. The molecule has 3 amide bonds. The van der Waals surface area contributed by atoms with Gasteiger partial charge in [-0.15, -0.1) is 0 Å². The van der Waals surface area contributed by atoms with E-state index in [0.29, 0.717) is 30.8 Å². The van der Waals surface area contributed by atoms with Crippen molar-refractivity contribution in [3.63, 3.8) is 0 Å². The first-order chi connectivity index (χ1) is 12.5. The number of aliphatic hydroxyl groups is 1. The number of rotatable bonds is 2. The number of carbonyl (C=O) groups excluding carboxylic acids is 3. The number of benzene rings is 1. The Kier molecular flexibility index (Phi) is 4.07. The number of amides is 3. The van der Waals surface area contributed by atoms with Crippen LogP contribution in [0.2, 0.25) is 0 Å². The number of methoxy groups -OCH3 is 1. The van der Waals surface area contributed by atoms with Crippen LogP contribution in [0.15, 0.2) is 24.3 Å². The fourth-order valence-corrected chi connectivity index (χ4v) is 4.03. The van der Waals surface area contributed by atoms with E-state index < -0.39 is 18.2 Å². The van der Waals surface area contributed by atoms with Gasteiger partial charge < -0.3 is 24.5 Å². The van der Waals surface area contributed by atoms with Crippen molar-refractivity contribution in [3.8, 4) is 5.75 Å². The van der Waals surface area contributed by atoms with Gasteiger partial charge in [0.15, 0.2) is 0 Å².